The first-order valence-corrected chi connectivity index (χ1v) is 7.23. The summed E-state index contributed by atoms with van der Waals surface area (Å²) in [5.41, 5.74) is 0.899. The number of carbonyl (C=O) groups is 1. The minimum atomic E-state index is -0.473. The molecule has 1 aromatic rings. The average molecular weight is 281 g/mol. The summed E-state index contributed by atoms with van der Waals surface area (Å²) in [6, 6.07) is 6.44. The van der Waals surface area contributed by atoms with Crippen molar-refractivity contribution < 1.29 is 14.3 Å². The molecule has 0 aliphatic carbocycles. The summed E-state index contributed by atoms with van der Waals surface area (Å²) in [4.78, 5) is 11.8. The van der Waals surface area contributed by atoms with Crippen LogP contribution in [0, 0.1) is 11.7 Å². The highest BCUT2D eigenvalue weighted by Gasteiger charge is 2.14. The van der Waals surface area contributed by atoms with Crippen LogP contribution in [0.5, 0.6) is 0 Å². The Balaban J connectivity index is 2.31. The Hall–Kier alpha value is -1.42. The van der Waals surface area contributed by atoms with Gasteiger partial charge in [0.15, 0.2) is 0 Å². The number of halogens is 1. The van der Waals surface area contributed by atoms with Gasteiger partial charge in [-0.1, -0.05) is 32.4 Å². The van der Waals surface area contributed by atoms with E-state index in [1.54, 1.807) is 6.07 Å². The van der Waals surface area contributed by atoms with Crippen molar-refractivity contribution in [3.05, 3.63) is 35.6 Å². The van der Waals surface area contributed by atoms with E-state index in [9.17, 15) is 14.3 Å². The highest BCUT2D eigenvalue weighted by Crippen LogP contribution is 2.11. The van der Waals surface area contributed by atoms with Crippen LogP contribution in [0.3, 0.4) is 0 Å². The van der Waals surface area contributed by atoms with Crippen LogP contribution in [0.15, 0.2) is 24.3 Å². The van der Waals surface area contributed by atoms with Crippen LogP contribution >= 0.6 is 0 Å². The standard InChI is InChI=1S/C16H24FNO2/c1-3-5-15(19)11-18-16(20)12(2)8-9-13-6-4-7-14(17)10-13/h4,6-7,10,12,15,19H,3,5,8-9,11H2,1-2H3,(H,18,20). The molecule has 1 amide bonds. The normalized spacial score (nSPS) is 13.8. The molecule has 0 heterocycles. The second kappa shape index (κ2) is 8.69. The van der Waals surface area contributed by atoms with E-state index in [0.717, 1.165) is 12.0 Å². The number of aryl methyl sites for hydroxylation is 1. The Bertz CT molecular complexity index is 423. The first-order valence-electron chi connectivity index (χ1n) is 7.23. The fourth-order valence-corrected chi connectivity index (χ4v) is 2.03. The number of aliphatic hydroxyl groups is 1. The van der Waals surface area contributed by atoms with Crippen LogP contribution in [0.1, 0.15) is 38.7 Å². The Kier molecular flexibility index (Phi) is 7.23. The van der Waals surface area contributed by atoms with Crippen LogP contribution in [-0.4, -0.2) is 23.7 Å². The molecule has 0 saturated heterocycles. The van der Waals surface area contributed by atoms with Gasteiger partial charge in [-0.2, -0.15) is 0 Å². The van der Waals surface area contributed by atoms with Gasteiger partial charge >= 0.3 is 0 Å². The topological polar surface area (TPSA) is 49.3 Å². The summed E-state index contributed by atoms with van der Waals surface area (Å²) in [6.07, 6.45) is 2.45. The molecule has 0 aliphatic rings. The van der Waals surface area contributed by atoms with Gasteiger partial charge in [0, 0.05) is 12.5 Å². The number of hydrogen-bond acceptors (Lipinski definition) is 2. The minimum absolute atomic E-state index is 0.0587. The van der Waals surface area contributed by atoms with Crippen LogP contribution < -0.4 is 5.32 Å². The second-order valence-corrected chi connectivity index (χ2v) is 5.26. The van der Waals surface area contributed by atoms with E-state index in [1.165, 1.54) is 12.1 Å². The molecule has 1 aromatic carbocycles. The summed E-state index contributed by atoms with van der Waals surface area (Å²) < 4.78 is 13.0. The van der Waals surface area contributed by atoms with Crippen molar-refractivity contribution in [2.45, 2.75) is 45.6 Å². The highest BCUT2D eigenvalue weighted by atomic mass is 19.1. The molecule has 0 radical (unpaired) electrons. The molecule has 0 aliphatic heterocycles. The van der Waals surface area contributed by atoms with Gasteiger partial charge in [-0.25, -0.2) is 4.39 Å². The second-order valence-electron chi connectivity index (χ2n) is 5.26. The predicted octanol–water partition coefficient (Wildman–Crippen LogP) is 2.67. The molecule has 1 rings (SSSR count). The summed E-state index contributed by atoms with van der Waals surface area (Å²) in [6.45, 7) is 4.14. The Labute approximate surface area is 120 Å². The van der Waals surface area contributed by atoms with Gasteiger partial charge in [-0.05, 0) is 37.0 Å². The van der Waals surface area contributed by atoms with Gasteiger partial charge in [-0.3, -0.25) is 4.79 Å². The molecule has 0 spiro atoms. The van der Waals surface area contributed by atoms with Crippen LogP contribution in [-0.2, 0) is 11.2 Å². The van der Waals surface area contributed by atoms with E-state index in [2.05, 4.69) is 5.32 Å². The van der Waals surface area contributed by atoms with Crippen molar-refractivity contribution in [1.29, 1.82) is 0 Å². The van der Waals surface area contributed by atoms with Gasteiger partial charge < -0.3 is 10.4 Å². The SMILES string of the molecule is CCCC(O)CNC(=O)C(C)CCc1cccc(F)c1. The zero-order valence-electron chi connectivity index (χ0n) is 12.2. The maximum absolute atomic E-state index is 13.0. The predicted molar refractivity (Wildman–Crippen MR) is 77.8 cm³/mol. The fraction of sp³-hybridized carbons (Fsp3) is 0.562. The van der Waals surface area contributed by atoms with E-state index in [0.29, 0.717) is 25.8 Å². The highest BCUT2D eigenvalue weighted by molar-refractivity contribution is 5.78. The van der Waals surface area contributed by atoms with Gasteiger partial charge in [0.25, 0.3) is 0 Å². The van der Waals surface area contributed by atoms with Crippen LogP contribution in [0.4, 0.5) is 4.39 Å². The third-order valence-electron chi connectivity index (χ3n) is 3.34. The molecule has 0 aromatic heterocycles. The monoisotopic (exact) mass is 281 g/mol. The maximum Gasteiger partial charge on any atom is 0.222 e. The molecule has 4 heteroatoms. The number of amides is 1. The Morgan fingerprint density at radius 3 is 2.80 bits per heavy atom. The molecule has 0 bridgehead atoms. The molecular formula is C16H24FNO2. The van der Waals surface area contributed by atoms with Crippen molar-refractivity contribution in [3.63, 3.8) is 0 Å². The first kappa shape index (κ1) is 16.6. The lowest BCUT2D eigenvalue weighted by molar-refractivity contribution is -0.125. The third kappa shape index (κ3) is 6.15. The van der Waals surface area contributed by atoms with E-state index >= 15 is 0 Å². The molecule has 0 saturated carbocycles. The molecule has 3 nitrogen and oxygen atoms in total. The lowest BCUT2D eigenvalue weighted by atomic mass is 10.00. The van der Waals surface area contributed by atoms with Crippen molar-refractivity contribution in [1.82, 2.24) is 5.32 Å². The fourth-order valence-electron chi connectivity index (χ4n) is 2.03. The lowest BCUT2D eigenvalue weighted by Crippen LogP contribution is -2.35. The molecule has 2 unspecified atom stereocenters. The van der Waals surface area contributed by atoms with E-state index < -0.39 is 6.10 Å². The first-order chi connectivity index (χ1) is 9.52. The van der Waals surface area contributed by atoms with Gasteiger partial charge in [0.05, 0.1) is 6.10 Å². The average Bonchev–Trinajstić information content (AvgIpc) is 2.42. The molecular weight excluding hydrogens is 257 g/mol. The van der Waals surface area contributed by atoms with Gasteiger partial charge in [0.2, 0.25) is 5.91 Å². The zero-order valence-corrected chi connectivity index (χ0v) is 12.2. The Morgan fingerprint density at radius 1 is 1.40 bits per heavy atom. The summed E-state index contributed by atoms with van der Waals surface area (Å²) >= 11 is 0. The van der Waals surface area contributed by atoms with Crippen molar-refractivity contribution in [2.24, 2.45) is 5.92 Å². The smallest absolute Gasteiger partial charge is 0.222 e. The van der Waals surface area contributed by atoms with E-state index in [1.807, 2.05) is 19.9 Å². The molecule has 112 valence electrons. The van der Waals surface area contributed by atoms with Crippen LogP contribution in [0.2, 0.25) is 0 Å². The number of benzene rings is 1. The zero-order chi connectivity index (χ0) is 15.0. The Morgan fingerprint density at radius 2 is 2.15 bits per heavy atom. The number of nitrogens with one attached hydrogen (secondary N) is 1. The molecule has 0 fully saturated rings. The minimum Gasteiger partial charge on any atom is -0.391 e. The summed E-state index contributed by atoms with van der Waals surface area (Å²) in [5, 5.41) is 12.3. The number of aliphatic hydroxyl groups excluding tert-OH is 1. The largest absolute Gasteiger partial charge is 0.391 e. The van der Waals surface area contributed by atoms with Crippen molar-refractivity contribution >= 4 is 5.91 Å². The summed E-state index contributed by atoms with van der Waals surface area (Å²) in [7, 11) is 0. The van der Waals surface area contributed by atoms with Gasteiger partial charge in [0.1, 0.15) is 5.82 Å². The molecule has 2 atom stereocenters. The summed E-state index contributed by atoms with van der Waals surface area (Å²) in [5.74, 6) is -0.453. The third-order valence-corrected chi connectivity index (χ3v) is 3.34. The molecule has 20 heavy (non-hydrogen) atoms. The number of carbonyl (C=O) groups excluding carboxylic acids is 1. The quantitative estimate of drug-likeness (QED) is 0.769. The maximum atomic E-state index is 13.0. The van der Waals surface area contributed by atoms with Crippen molar-refractivity contribution in [2.75, 3.05) is 6.54 Å². The number of hydrogen-bond donors (Lipinski definition) is 2. The van der Waals surface area contributed by atoms with Crippen molar-refractivity contribution in [3.8, 4) is 0 Å². The number of rotatable bonds is 8. The lowest BCUT2D eigenvalue weighted by Gasteiger charge is -2.15. The molecule has 2 N–H and O–H groups in total. The van der Waals surface area contributed by atoms with Gasteiger partial charge in [-0.15, -0.1) is 0 Å². The van der Waals surface area contributed by atoms with E-state index in [-0.39, 0.29) is 17.6 Å². The van der Waals surface area contributed by atoms with Crippen LogP contribution in [0.25, 0.3) is 0 Å². The van der Waals surface area contributed by atoms with E-state index in [4.69, 9.17) is 0 Å².